The number of rotatable bonds is 7. The van der Waals surface area contributed by atoms with E-state index in [1.165, 1.54) is 18.2 Å². The molecule has 0 spiro atoms. The minimum Gasteiger partial charge on any atom is -0.482 e. The number of hydrogen-bond acceptors (Lipinski definition) is 7. The third-order valence-corrected chi connectivity index (χ3v) is 4.39. The fourth-order valence-electron chi connectivity index (χ4n) is 2.87. The van der Waals surface area contributed by atoms with Crippen molar-refractivity contribution in [3.05, 3.63) is 57.6 Å². The van der Waals surface area contributed by atoms with Crippen molar-refractivity contribution in [1.82, 2.24) is 0 Å². The first kappa shape index (κ1) is 20.8. The number of nitro groups is 1. The van der Waals surface area contributed by atoms with Gasteiger partial charge in [-0.3, -0.25) is 19.7 Å². The number of hydrogen-bond donors (Lipinski definition) is 2. The molecule has 0 aliphatic carbocycles. The molecule has 0 atom stereocenters. The van der Waals surface area contributed by atoms with Crippen LogP contribution in [-0.4, -0.2) is 35.9 Å². The number of esters is 1. The highest BCUT2D eigenvalue weighted by atomic mass is 16.6. The second-order valence-electron chi connectivity index (χ2n) is 6.62. The van der Waals surface area contributed by atoms with Crippen molar-refractivity contribution in [1.29, 1.82) is 0 Å². The van der Waals surface area contributed by atoms with Gasteiger partial charge in [0.05, 0.1) is 4.92 Å². The second kappa shape index (κ2) is 9.03. The number of nitro benzene ring substituents is 1. The highest BCUT2D eigenvalue weighted by molar-refractivity contribution is 5.94. The Morgan fingerprint density at radius 1 is 1.17 bits per heavy atom. The van der Waals surface area contributed by atoms with Gasteiger partial charge in [0.15, 0.2) is 13.2 Å². The Kier molecular flexibility index (Phi) is 6.26. The number of aryl methyl sites for hydroxylation is 2. The van der Waals surface area contributed by atoms with Crippen LogP contribution < -0.4 is 15.4 Å². The highest BCUT2D eigenvalue weighted by Crippen LogP contribution is 2.26. The molecule has 10 nitrogen and oxygen atoms in total. The minimum absolute atomic E-state index is 0.0399. The molecule has 10 heteroatoms. The van der Waals surface area contributed by atoms with Gasteiger partial charge in [0.2, 0.25) is 5.91 Å². The maximum Gasteiger partial charge on any atom is 0.344 e. The second-order valence-corrected chi connectivity index (χ2v) is 6.62. The molecule has 1 heterocycles. The van der Waals surface area contributed by atoms with Gasteiger partial charge in [0, 0.05) is 29.9 Å². The maximum absolute atomic E-state index is 12.0. The Balaban J connectivity index is 1.45. The number of carbonyl (C=O) groups is 3. The average Bonchev–Trinajstić information content (AvgIpc) is 2.72. The van der Waals surface area contributed by atoms with E-state index in [-0.39, 0.29) is 18.2 Å². The van der Waals surface area contributed by atoms with Crippen LogP contribution in [0.4, 0.5) is 17.1 Å². The van der Waals surface area contributed by atoms with Crippen LogP contribution in [-0.2, 0) is 25.5 Å². The lowest BCUT2D eigenvalue weighted by Crippen LogP contribution is -2.24. The van der Waals surface area contributed by atoms with Crippen molar-refractivity contribution in [3.63, 3.8) is 0 Å². The number of carbonyl (C=O) groups excluding carboxylic acids is 3. The number of benzene rings is 2. The van der Waals surface area contributed by atoms with E-state index < -0.39 is 23.4 Å². The smallest absolute Gasteiger partial charge is 0.344 e. The molecule has 2 aromatic rings. The molecule has 1 aliphatic heterocycles. The number of non-ortho nitro benzene ring substituents is 1. The molecule has 0 aromatic heterocycles. The van der Waals surface area contributed by atoms with E-state index in [0.717, 1.165) is 11.3 Å². The fraction of sp³-hybridized carbons (Fsp3) is 0.250. The quantitative estimate of drug-likeness (QED) is 0.404. The Bertz CT molecular complexity index is 1020. The van der Waals surface area contributed by atoms with Crippen molar-refractivity contribution in [2.75, 3.05) is 23.8 Å². The predicted octanol–water partition coefficient (Wildman–Crippen LogP) is 2.35. The molecule has 2 amide bonds. The lowest BCUT2D eigenvalue weighted by Gasteiger charge is -2.17. The number of nitrogens with zero attached hydrogens (tertiary/aromatic N) is 1. The first-order chi connectivity index (χ1) is 14.3. The van der Waals surface area contributed by atoms with Crippen LogP contribution in [0, 0.1) is 17.0 Å². The van der Waals surface area contributed by atoms with E-state index >= 15 is 0 Å². The van der Waals surface area contributed by atoms with Crippen molar-refractivity contribution in [2.24, 2.45) is 0 Å². The largest absolute Gasteiger partial charge is 0.482 e. The topological polar surface area (TPSA) is 137 Å². The molecule has 2 aromatic carbocycles. The molecule has 0 radical (unpaired) electrons. The van der Waals surface area contributed by atoms with Crippen LogP contribution >= 0.6 is 0 Å². The molecule has 0 bridgehead atoms. The normalized spacial score (nSPS) is 12.4. The van der Waals surface area contributed by atoms with Crippen LogP contribution in [0.2, 0.25) is 0 Å². The standard InChI is InChI=1S/C20H19N3O7/c1-12-8-14(23(27)28)3-5-16(12)21-19(25)10-30-20(26)11-29-15-4-6-17-13(9-15)2-7-18(24)22-17/h3-6,8-9H,2,7,10-11H2,1H3,(H,21,25)(H,22,24). The summed E-state index contributed by atoms with van der Waals surface area (Å²) in [5.41, 5.74) is 2.45. The van der Waals surface area contributed by atoms with Gasteiger partial charge in [0.1, 0.15) is 5.75 Å². The summed E-state index contributed by atoms with van der Waals surface area (Å²) in [6.07, 6.45) is 0.979. The number of anilines is 2. The SMILES string of the molecule is Cc1cc([N+](=O)[O-])ccc1NC(=O)COC(=O)COc1ccc2c(c1)CCC(=O)N2. The van der Waals surface area contributed by atoms with Crippen molar-refractivity contribution in [3.8, 4) is 5.75 Å². The van der Waals surface area contributed by atoms with Crippen LogP contribution in [0.3, 0.4) is 0 Å². The summed E-state index contributed by atoms with van der Waals surface area (Å²) in [4.78, 5) is 45.4. The molecule has 0 saturated carbocycles. The number of ether oxygens (including phenoxy) is 2. The van der Waals surface area contributed by atoms with Gasteiger partial charge in [-0.1, -0.05) is 0 Å². The Morgan fingerprint density at radius 3 is 2.70 bits per heavy atom. The summed E-state index contributed by atoms with van der Waals surface area (Å²) >= 11 is 0. The monoisotopic (exact) mass is 413 g/mol. The van der Waals surface area contributed by atoms with Gasteiger partial charge in [-0.2, -0.15) is 0 Å². The predicted molar refractivity (Wildman–Crippen MR) is 106 cm³/mol. The summed E-state index contributed by atoms with van der Waals surface area (Å²) in [6.45, 7) is 0.719. The van der Waals surface area contributed by atoms with E-state index in [0.29, 0.717) is 29.8 Å². The highest BCUT2D eigenvalue weighted by Gasteiger charge is 2.16. The molecular weight excluding hydrogens is 394 g/mol. The summed E-state index contributed by atoms with van der Waals surface area (Å²) in [7, 11) is 0. The first-order valence-corrected chi connectivity index (χ1v) is 9.08. The minimum atomic E-state index is -0.725. The van der Waals surface area contributed by atoms with Crippen LogP contribution in [0.15, 0.2) is 36.4 Å². The first-order valence-electron chi connectivity index (χ1n) is 9.08. The summed E-state index contributed by atoms with van der Waals surface area (Å²) in [5.74, 6) is -0.892. The third-order valence-electron chi connectivity index (χ3n) is 4.39. The van der Waals surface area contributed by atoms with E-state index in [9.17, 15) is 24.5 Å². The Labute approximate surface area is 171 Å². The third kappa shape index (κ3) is 5.31. The molecule has 1 aliphatic rings. The van der Waals surface area contributed by atoms with Gasteiger partial charge in [-0.15, -0.1) is 0 Å². The van der Waals surface area contributed by atoms with Gasteiger partial charge < -0.3 is 20.1 Å². The van der Waals surface area contributed by atoms with Crippen LogP contribution in [0.25, 0.3) is 0 Å². The Morgan fingerprint density at radius 2 is 1.97 bits per heavy atom. The zero-order valence-corrected chi connectivity index (χ0v) is 16.1. The average molecular weight is 413 g/mol. The molecular formula is C20H19N3O7. The van der Waals surface area contributed by atoms with Crippen molar-refractivity contribution >= 4 is 34.8 Å². The van der Waals surface area contributed by atoms with E-state index in [1.54, 1.807) is 25.1 Å². The lowest BCUT2D eigenvalue weighted by molar-refractivity contribution is -0.384. The van der Waals surface area contributed by atoms with Gasteiger partial charge >= 0.3 is 5.97 Å². The molecule has 0 unspecified atom stereocenters. The van der Waals surface area contributed by atoms with Crippen LogP contribution in [0.1, 0.15) is 17.5 Å². The summed E-state index contributed by atoms with van der Waals surface area (Å²) in [6, 6.07) is 9.09. The molecule has 156 valence electrons. The van der Waals surface area contributed by atoms with Gasteiger partial charge in [0.25, 0.3) is 11.6 Å². The summed E-state index contributed by atoms with van der Waals surface area (Å²) in [5, 5.41) is 16.0. The number of nitrogens with one attached hydrogen (secondary N) is 2. The Hall–Kier alpha value is -3.95. The van der Waals surface area contributed by atoms with Gasteiger partial charge in [-0.05, 0) is 48.7 Å². The molecule has 0 saturated heterocycles. The zero-order valence-electron chi connectivity index (χ0n) is 16.1. The van der Waals surface area contributed by atoms with E-state index in [2.05, 4.69) is 10.6 Å². The van der Waals surface area contributed by atoms with Crippen molar-refractivity contribution in [2.45, 2.75) is 19.8 Å². The zero-order chi connectivity index (χ0) is 21.7. The molecule has 3 rings (SSSR count). The fourth-order valence-corrected chi connectivity index (χ4v) is 2.87. The molecule has 30 heavy (non-hydrogen) atoms. The number of fused-ring (bicyclic) bond motifs is 1. The van der Waals surface area contributed by atoms with E-state index in [4.69, 9.17) is 9.47 Å². The number of amides is 2. The maximum atomic E-state index is 12.0. The lowest BCUT2D eigenvalue weighted by atomic mass is 10.0. The molecule has 2 N–H and O–H groups in total. The molecule has 0 fully saturated rings. The summed E-state index contributed by atoms with van der Waals surface area (Å²) < 4.78 is 10.3. The van der Waals surface area contributed by atoms with Crippen molar-refractivity contribution < 1.29 is 28.8 Å². The van der Waals surface area contributed by atoms with Gasteiger partial charge in [-0.25, -0.2) is 4.79 Å². The van der Waals surface area contributed by atoms with Crippen LogP contribution in [0.5, 0.6) is 5.75 Å². The van der Waals surface area contributed by atoms with E-state index in [1.807, 2.05) is 0 Å².